The minimum absolute atomic E-state index is 0.133. The smallest absolute Gasteiger partial charge is 0.333 e. The highest BCUT2D eigenvalue weighted by Crippen LogP contribution is 2.38. The van der Waals surface area contributed by atoms with Crippen LogP contribution < -0.4 is 4.90 Å². The zero-order valence-electron chi connectivity index (χ0n) is 16.4. The molecule has 1 aliphatic heterocycles. The molecule has 0 saturated carbocycles. The van der Waals surface area contributed by atoms with E-state index in [0.717, 1.165) is 0 Å². The number of fused-ring (bicyclic) bond motifs is 1. The molecule has 1 aliphatic rings. The molecule has 0 saturated heterocycles. The van der Waals surface area contributed by atoms with Gasteiger partial charge in [-0.1, -0.05) is 17.7 Å². The fraction of sp³-hybridized carbons (Fsp3) is 0.143. The molecule has 12 heteroatoms. The van der Waals surface area contributed by atoms with Crippen LogP contribution >= 0.6 is 11.6 Å². The maximum absolute atomic E-state index is 13.2. The van der Waals surface area contributed by atoms with Gasteiger partial charge in [-0.05, 0) is 35.9 Å². The van der Waals surface area contributed by atoms with Crippen LogP contribution in [0, 0.1) is 0 Å². The number of nitrogens with zero attached hydrogens (tertiary/aromatic N) is 5. The number of carbonyl (C=O) groups is 1. The lowest BCUT2D eigenvalue weighted by Crippen LogP contribution is -2.23. The van der Waals surface area contributed by atoms with E-state index in [0.29, 0.717) is 43.2 Å². The molecule has 0 unspecified atom stereocenters. The van der Waals surface area contributed by atoms with Gasteiger partial charge in [-0.3, -0.25) is 4.79 Å². The van der Waals surface area contributed by atoms with E-state index in [1.165, 1.54) is 23.4 Å². The SMILES string of the molecule is O=C1c2cc(-c3nnc(C(F)F)o3)ccc2CN1c1ccc(Cl)cc1-c1cnn(C(F)F)c1. The topological polar surface area (TPSA) is 77.1 Å². The number of alkyl halides is 4. The van der Waals surface area contributed by atoms with E-state index >= 15 is 0 Å². The Kier molecular flexibility index (Phi) is 5.12. The van der Waals surface area contributed by atoms with Crippen molar-refractivity contribution in [3.8, 4) is 22.6 Å². The van der Waals surface area contributed by atoms with Crippen molar-refractivity contribution >= 4 is 23.2 Å². The first kappa shape index (κ1) is 21.1. The summed E-state index contributed by atoms with van der Waals surface area (Å²) in [6.45, 7) is -2.61. The van der Waals surface area contributed by atoms with Crippen molar-refractivity contribution in [2.24, 2.45) is 0 Å². The van der Waals surface area contributed by atoms with Crippen molar-refractivity contribution in [2.45, 2.75) is 19.5 Å². The van der Waals surface area contributed by atoms with Crippen LogP contribution in [-0.4, -0.2) is 25.9 Å². The van der Waals surface area contributed by atoms with Crippen molar-refractivity contribution in [1.82, 2.24) is 20.0 Å². The Morgan fingerprint density at radius 3 is 2.52 bits per heavy atom. The Morgan fingerprint density at radius 1 is 1.00 bits per heavy atom. The average molecular weight is 478 g/mol. The summed E-state index contributed by atoms with van der Waals surface area (Å²) in [5.41, 5.74) is 2.60. The molecule has 7 nitrogen and oxygen atoms in total. The number of halogens is 5. The maximum atomic E-state index is 13.2. The Morgan fingerprint density at radius 2 is 1.82 bits per heavy atom. The zero-order chi connectivity index (χ0) is 23.3. The Labute approximate surface area is 188 Å². The minimum Gasteiger partial charge on any atom is -0.415 e. The molecule has 0 N–H and O–H groups in total. The molecule has 1 amide bonds. The first-order valence-electron chi connectivity index (χ1n) is 9.51. The van der Waals surface area contributed by atoms with Gasteiger partial charge in [0.25, 0.3) is 11.8 Å². The van der Waals surface area contributed by atoms with Gasteiger partial charge in [0.1, 0.15) is 0 Å². The van der Waals surface area contributed by atoms with Crippen molar-refractivity contribution < 1.29 is 26.8 Å². The van der Waals surface area contributed by atoms with Crippen LogP contribution in [0.1, 0.15) is 34.8 Å². The van der Waals surface area contributed by atoms with Gasteiger partial charge in [0.15, 0.2) is 0 Å². The number of amides is 1. The number of hydrogen-bond acceptors (Lipinski definition) is 5. The Bertz CT molecular complexity index is 1370. The molecule has 0 radical (unpaired) electrons. The van der Waals surface area contributed by atoms with Crippen molar-refractivity contribution in [2.75, 3.05) is 4.90 Å². The van der Waals surface area contributed by atoms with Crippen molar-refractivity contribution in [1.29, 1.82) is 0 Å². The number of hydrogen-bond donors (Lipinski definition) is 0. The molecule has 33 heavy (non-hydrogen) atoms. The first-order chi connectivity index (χ1) is 15.8. The monoisotopic (exact) mass is 477 g/mol. The molecule has 0 spiro atoms. The number of rotatable bonds is 5. The number of carbonyl (C=O) groups excluding carboxylic acids is 1. The van der Waals surface area contributed by atoms with Crippen LogP contribution in [-0.2, 0) is 6.54 Å². The van der Waals surface area contributed by atoms with Gasteiger partial charge in [-0.15, -0.1) is 10.2 Å². The van der Waals surface area contributed by atoms with E-state index in [1.807, 2.05) is 0 Å². The van der Waals surface area contributed by atoms with E-state index in [9.17, 15) is 22.4 Å². The summed E-state index contributed by atoms with van der Waals surface area (Å²) in [5.74, 6) is -1.31. The zero-order valence-corrected chi connectivity index (χ0v) is 17.2. The highest BCUT2D eigenvalue weighted by molar-refractivity contribution is 6.31. The fourth-order valence-electron chi connectivity index (χ4n) is 3.63. The van der Waals surface area contributed by atoms with E-state index < -0.39 is 18.9 Å². The second kappa shape index (κ2) is 8.00. The van der Waals surface area contributed by atoms with E-state index in [2.05, 4.69) is 15.3 Å². The molecule has 4 aromatic rings. The van der Waals surface area contributed by atoms with Crippen LogP contribution in [0.25, 0.3) is 22.6 Å². The summed E-state index contributed by atoms with van der Waals surface area (Å²) < 4.78 is 57.0. The third kappa shape index (κ3) is 3.74. The summed E-state index contributed by atoms with van der Waals surface area (Å²) >= 11 is 6.13. The molecule has 0 fully saturated rings. The summed E-state index contributed by atoms with van der Waals surface area (Å²) in [7, 11) is 0. The highest BCUT2D eigenvalue weighted by Gasteiger charge is 2.31. The molecule has 2 aromatic heterocycles. The molecular weight excluding hydrogens is 466 g/mol. The van der Waals surface area contributed by atoms with E-state index in [1.54, 1.807) is 30.3 Å². The number of benzene rings is 2. The fourth-order valence-corrected chi connectivity index (χ4v) is 3.80. The number of aromatic nitrogens is 4. The Hall–Kier alpha value is -3.73. The molecule has 168 valence electrons. The van der Waals surface area contributed by atoms with Gasteiger partial charge in [-0.2, -0.15) is 22.7 Å². The third-order valence-electron chi connectivity index (χ3n) is 5.15. The molecule has 0 aliphatic carbocycles. The Balaban J connectivity index is 1.51. The molecular formula is C21H12ClF4N5O2. The quantitative estimate of drug-likeness (QED) is 0.342. The summed E-state index contributed by atoms with van der Waals surface area (Å²) in [6.07, 6.45) is -0.471. The van der Waals surface area contributed by atoms with Gasteiger partial charge >= 0.3 is 13.0 Å². The second-order valence-corrected chi connectivity index (χ2v) is 7.59. The van der Waals surface area contributed by atoms with Gasteiger partial charge in [0.05, 0.1) is 18.4 Å². The highest BCUT2D eigenvalue weighted by atomic mass is 35.5. The molecule has 0 atom stereocenters. The van der Waals surface area contributed by atoms with E-state index in [4.69, 9.17) is 16.0 Å². The van der Waals surface area contributed by atoms with Gasteiger partial charge < -0.3 is 9.32 Å². The maximum Gasteiger partial charge on any atom is 0.333 e. The van der Waals surface area contributed by atoms with E-state index in [-0.39, 0.29) is 18.3 Å². The average Bonchev–Trinajstić information content (AvgIpc) is 3.53. The van der Waals surface area contributed by atoms with Crippen LogP contribution in [0.15, 0.2) is 53.2 Å². The molecule has 2 aromatic carbocycles. The molecule has 0 bridgehead atoms. The van der Waals surface area contributed by atoms with Gasteiger partial charge in [0.2, 0.25) is 5.89 Å². The normalized spacial score (nSPS) is 13.4. The lowest BCUT2D eigenvalue weighted by molar-refractivity contribution is 0.0566. The van der Waals surface area contributed by atoms with Crippen molar-refractivity contribution in [3.63, 3.8) is 0 Å². The van der Waals surface area contributed by atoms with Gasteiger partial charge in [0, 0.05) is 33.5 Å². The predicted octanol–water partition coefficient (Wildman–Crippen LogP) is 5.75. The second-order valence-electron chi connectivity index (χ2n) is 7.16. The predicted molar refractivity (Wildman–Crippen MR) is 109 cm³/mol. The van der Waals surface area contributed by atoms with Crippen molar-refractivity contribution in [3.05, 3.63) is 70.8 Å². The molecule has 5 rings (SSSR count). The lowest BCUT2D eigenvalue weighted by atomic mass is 10.1. The van der Waals surface area contributed by atoms with Crippen LogP contribution in [0.4, 0.5) is 23.2 Å². The minimum atomic E-state index is -2.91. The van der Waals surface area contributed by atoms with Crippen LogP contribution in [0.2, 0.25) is 5.02 Å². The first-order valence-corrected chi connectivity index (χ1v) is 9.88. The molecule has 3 heterocycles. The summed E-state index contributed by atoms with van der Waals surface area (Å²) in [6, 6.07) is 9.52. The standard InChI is InChI=1S/C21H12ClF4N5O2/c22-13-3-4-16(14(6-13)12-7-27-31(9-12)21(25)26)30-8-11-2-1-10(5-15(11)20(30)32)18-28-29-19(33-18)17(23)24/h1-7,9,17,21H,8H2. The lowest BCUT2D eigenvalue weighted by Gasteiger charge is -2.19. The third-order valence-corrected chi connectivity index (χ3v) is 5.39. The van der Waals surface area contributed by atoms with Gasteiger partial charge in [-0.25, -0.2) is 4.68 Å². The summed E-state index contributed by atoms with van der Waals surface area (Å²) in [5, 5.41) is 10.9. The summed E-state index contributed by atoms with van der Waals surface area (Å²) in [4.78, 5) is 14.7. The largest absolute Gasteiger partial charge is 0.415 e. The van der Waals surface area contributed by atoms with Crippen LogP contribution in [0.5, 0.6) is 0 Å². The van der Waals surface area contributed by atoms with Crippen LogP contribution in [0.3, 0.4) is 0 Å². The number of anilines is 1.